The largest absolute Gasteiger partial charge is 0.476 e. The number of nitrogens with zero attached hydrogens (tertiary/aromatic N) is 2. The van der Waals surface area contributed by atoms with Crippen LogP contribution in [0, 0.1) is 5.92 Å². The number of hydrogen-bond acceptors (Lipinski definition) is 2. The predicted octanol–water partition coefficient (Wildman–Crippen LogP) is 2.27. The highest BCUT2D eigenvalue weighted by Crippen LogP contribution is 2.39. The lowest BCUT2D eigenvalue weighted by molar-refractivity contribution is -0.183. The predicted molar refractivity (Wildman–Crippen MR) is 51.8 cm³/mol. The molecule has 0 bridgehead atoms. The monoisotopic (exact) mass is 248 g/mol. The summed E-state index contributed by atoms with van der Waals surface area (Å²) in [6.45, 7) is 1.38. The highest BCUT2D eigenvalue weighted by molar-refractivity contribution is 5.85. The van der Waals surface area contributed by atoms with Crippen LogP contribution >= 0.6 is 0 Å². The molecule has 94 valence electrons. The van der Waals surface area contributed by atoms with Gasteiger partial charge in [-0.15, -0.1) is 0 Å². The molecule has 17 heavy (non-hydrogen) atoms. The van der Waals surface area contributed by atoms with Gasteiger partial charge in [0.15, 0.2) is 5.69 Å². The Bertz CT molecular complexity index is 453. The van der Waals surface area contributed by atoms with Gasteiger partial charge >= 0.3 is 12.1 Å². The number of aromatic nitrogens is 2. The van der Waals surface area contributed by atoms with Crippen LogP contribution in [0.4, 0.5) is 13.2 Å². The number of hydrogen-bond donors (Lipinski definition) is 1. The Kier molecular flexibility index (Phi) is 2.63. The number of carboxylic acid groups (broad SMARTS) is 1. The van der Waals surface area contributed by atoms with Crippen molar-refractivity contribution < 1.29 is 23.1 Å². The second kappa shape index (κ2) is 3.75. The molecular weight excluding hydrogens is 237 g/mol. The zero-order chi connectivity index (χ0) is 12.8. The molecule has 0 radical (unpaired) electrons. The number of alkyl halides is 3. The minimum Gasteiger partial charge on any atom is -0.476 e. The van der Waals surface area contributed by atoms with Crippen molar-refractivity contribution >= 4 is 5.97 Å². The Morgan fingerprint density at radius 2 is 2.24 bits per heavy atom. The molecular formula is C10H11F3N2O2. The molecule has 1 aliphatic heterocycles. The summed E-state index contributed by atoms with van der Waals surface area (Å²) in [6.07, 6.45) is -3.12. The first-order valence-electron chi connectivity index (χ1n) is 5.16. The number of fused-ring (bicyclic) bond motifs is 1. The molecule has 0 saturated heterocycles. The summed E-state index contributed by atoms with van der Waals surface area (Å²) in [5.41, 5.74) is -0.199. The quantitative estimate of drug-likeness (QED) is 0.829. The third-order valence-corrected chi connectivity index (χ3v) is 2.99. The van der Waals surface area contributed by atoms with Crippen molar-refractivity contribution in [3.63, 3.8) is 0 Å². The first kappa shape index (κ1) is 11.9. The van der Waals surface area contributed by atoms with E-state index in [9.17, 15) is 18.0 Å². The fourth-order valence-corrected chi connectivity index (χ4v) is 2.15. The molecule has 1 aromatic heterocycles. The summed E-state index contributed by atoms with van der Waals surface area (Å²) < 4.78 is 39.2. The van der Waals surface area contributed by atoms with Gasteiger partial charge in [0, 0.05) is 18.7 Å². The van der Waals surface area contributed by atoms with Gasteiger partial charge in [0.2, 0.25) is 0 Å². The molecule has 1 aromatic rings. The Morgan fingerprint density at radius 1 is 1.59 bits per heavy atom. The highest BCUT2D eigenvalue weighted by atomic mass is 19.4. The first-order valence-corrected chi connectivity index (χ1v) is 5.16. The van der Waals surface area contributed by atoms with Crippen LogP contribution in [0.5, 0.6) is 0 Å². The zero-order valence-electron chi connectivity index (χ0n) is 9.03. The van der Waals surface area contributed by atoms with Gasteiger partial charge in [-0.2, -0.15) is 13.2 Å². The molecule has 0 fully saturated rings. The maximum atomic E-state index is 12.6. The van der Waals surface area contributed by atoms with E-state index >= 15 is 0 Å². The van der Waals surface area contributed by atoms with Crippen molar-refractivity contribution in [3.05, 3.63) is 17.7 Å². The van der Waals surface area contributed by atoms with Gasteiger partial charge in [-0.1, -0.05) is 6.92 Å². The van der Waals surface area contributed by atoms with E-state index in [0.717, 1.165) is 0 Å². The van der Waals surface area contributed by atoms with Gasteiger partial charge in [-0.3, -0.25) is 0 Å². The van der Waals surface area contributed by atoms with E-state index in [1.54, 1.807) is 6.92 Å². The standard InChI is InChI=1S/C10H11F3N2O2/c1-5-2-6(10(11,12)13)3-15-4-7(9(16)17)14-8(5)15/h4-6H,2-3H2,1H3,(H,16,17)/t5-,6+/m0/s1. The number of carbonyl (C=O) groups is 1. The van der Waals surface area contributed by atoms with Gasteiger partial charge in [0.05, 0.1) is 5.92 Å². The number of carboxylic acids is 1. The van der Waals surface area contributed by atoms with Gasteiger partial charge < -0.3 is 9.67 Å². The van der Waals surface area contributed by atoms with Gasteiger partial charge in [0.1, 0.15) is 5.82 Å². The molecule has 2 atom stereocenters. The summed E-state index contributed by atoms with van der Waals surface area (Å²) in [5.74, 6) is -2.62. The number of aromatic carboxylic acids is 1. The molecule has 4 nitrogen and oxygen atoms in total. The van der Waals surface area contributed by atoms with Gasteiger partial charge in [0.25, 0.3) is 0 Å². The van der Waals surface area contributed by atoms with Crippen LogP contribution in [0.15, 0.2) is 6.20 Å². The second-order valence-electron chi connectivity index (χ2n) is 4.32. The Balaban J connectivity index is 2.33. The van der Waals surface area contributed by atoms with Crippen molar-refractivity contribution in [1.29, 1.82) is 0 Å². The van der Waals surface area contributed by atoms with Gasteiger partial charge in [-0.05, 0) is 6.42 Å². The van der Waals surface area contributed by atoms with E-state index in [1.165, 1.54) is 10.8 Å². The fraction of sp³-hybridized carbons (Fsp3) is 0.600. The smallest absolute Gasteiger partial charge is 0.393 e. The Labute approximate surface area is 95.1 Å². The summed E-state index contributed by atoms with van der Waals surface area (Å²) in [4.78, 5) is 14.5. The second-order valence-corrected chi connectivity index (χ2v) is 4.32. The molecule has 0 unspecified atom stereocenters. The van der Waals surface area contributed by atoms with Crippen molar-refractivity contribution in [2.45, 2.75) is 32.0 Å². The number of rotatable bonds is 1. The topological polar surface area (TPSA) is 55.1 Å². The van der Waals surface area contributed by atoms with E-state index < -0.39 is 18.1 Å². The fourth-order valence-electron chi connectivity index (χ4n) is 2.15. The normalized spacial score (nSPS) is 24.5. The third-order valence-electron chi connectivity index (χ3n) is 2.99. The van der Waals surface area contributed by atoms with E-state index in [0.29, 0.717) is 5.82 Å². The van der Waals surface area contributed by atoms with Crippen LogP contribution in [0.25, 0.3) is 0 Å². The molecule has 0 amide bonds. The van der Waals surface area contributed by atoms with Crippen LogP contribution in [-0.4, -0.2) is 26.8 Å². The number of imidazole rings is 1. The maximum absolute atomic E-state index is 12.6. The minimum atomic E-state index is -4.25. The SMILES string of the molecule is C[C@H]1C[C@@H](C(F)(F)F)Cn2cc(C(=O)O)nc21. The van der Waals surface area contributed by atoms with Crippen LogP contribution < -0.4 is 0 Å². The van der Waals surface area contributed by atoms with Crippen molar-refractivity contribution in [1.82, 2.24) is 9.55 Å². The van der Waals surface area contributed by atoms with E-state index in [2.05, 4.69) is 4.98 Å². The van der Waals surface area contributed by atoms with E-state index in [-0.39, 0.29) is 24.6 Å². The first-order chi connectivity index (χ1) is 7.79. The molecule has 0 aliphatic carbocycles. The van der Waals surface area contributed by atoms with Crippen LogP contribution in [0.1, 0.15) is 35.6 Å². The van der Waals surface area contributed by atoms with Crippen molar-refractivity contribution in [3.8, 4) is 0 Å². The molecule has 0 saturated carbocycles. The summed E-state index contributed by atoms with van der Waals surface area (Å²) in [7, 11) is 0. The lowest BCUT2D eigenvalue weighted by Gasteiger charge is -2.29. The lowest BCUT2D eigenvalue weighted by Crippen LogP contribution is -2.33. The zero-order valence-corrected chi connectivity index (χ0v) is 9.03. The number of halogens is 3. The highest BCUT2D eigenvalue weighted by Gasteiger charge is 2.43. The van der Waals surface area contributed by atoms with Crippen LogP contribution in [-0.2, 0) is 6.54 Å². The average Bonchev–Trinajstić information content (AvgIpc) is 2.60. The van der Waals surface area contributed by atoms with E-state index in [1.807, 2.05) is 0 Å². The summed E-state index contributed by atoms with van der Waals surface area (Å²) in [5, 5.41) is 8.75. The van der Waals surface area contributed by atoms with Crippen LogP contribution in [0.2, 0.25) is 0 Å². The molecule has 1 aliphatic rings. The molecule has 2 heterocycles. The molecule has 2 rings (SSSR count). The maximum Gasteiger partial charge on any atom is 0.393 e. The minimum absolute atomic E-state index is 0.0421. The van der Waals surface area contributed by atoms with Crippen molar-refractivity contribution in [2.24, 2.45) is 5.92 Å². The lowest BCUT2D eigenvalue weighted by atomic mass is 9.91. The molecule has 7 heteroatoms. The van der Waals surface area contributed by atoms with Gasteiger partial charge in [-0.25, -0.2) is 9.78 Å². The third kappa shape index (κ3) is 2.13. The summed E-state index contributed by atoms with van der Waals surface area (Å²) >= 11 is 0. The molecule has 1 N–H and O–H groups in total. The van der Waals surface area contributed by atoms with Crippen LogP contribution in [0.3, 0.4) is 0 Å². The van der Waals surface area contributed by atoms with E-state index in [4.69, 9.17) is 5.11 Å². The molecule has 0 spiro atoms. The Morgan fingerprint density at radius 3 is 2.76 bits per heavy atom. The summed E-state index contributed by atoms with van der Waals surface area (Å²) in [6, 6.07) is 0. The average molecular weight is 248 g/mol. The Hall–Kier alpha value is -1.53. The molecule has 0 aromatic carbocycles. The van der Waals surface area contributed by atoms with Crippen molar-refractivity contribution in [2.75, 3.05) is 0 Å².